The van der Waals surface area contributed by atoms with Crippen LogP contribution in [0.15, 0.2) is 0 Å². The molecule has 0 saturated carbocycles. The molecule has 0 saturated heterocycles. The summed E-state index contributed by atoms with van der Waals surface area (Å²) >= 11 is 0. The number of nitrogens with two attached hydrogens (primary N) is 1. The van der Waals surface area contributed by atoms with Gasteiger partial charge in [-0.05, 0) is 39.3 Å². The number of rotatable bonds is 3. The third-order valence-corrected chi connectivity index (χ3v) is 2.29. The maximum absolute atomic E-state index is 11.3. The van der Waals surface area contributed by atoms with Crippen LogP contribution in [0.2, 0.25) is 0 Å². The van der Waals surface area contributed by atoms with E-state index in [0.29, 0.717) is 6.54 Å². The van der Waals surface area contributed by atoms with Crippen molar-refractivity contribution >= 4 is 5.78 Å². The predicted octanol–water partition coefficient (Wildman–Crippen LogP) is 1.34. The van der Waals surface area contributed by atoms with Gasteiger partial charge in [-0.2, -0.15) is 0 Å². The van der Waals surface area contributed by atoms with E-state index in [4.69, 9.17) is 5.73 Å². The molecule has 0 aliphatic carbocycles. The van der Waals surface area contributed by atoms with Crippen LogP contribution >= 0.6 is 0 Å². The molecule has 0 aliphatic heterocycles. The minimum atomic E-state index is 0.120. The second-order valence-corrected chi connectivity index (χ2v) is 3.32. The SMILES string of the molecule is CC(=O)c1c(C)[nH]c(CCN)c1C. The molecule has 1 aromatic rings. The van der Waals surface area contributed by atoms with Crippen molar-refractivity contribution in [1.82, 2.24) is 4.98 Å². The van der Waals surface area contributed by atoms with Gasteiger partial charge < -0.3 is 10.7 Å². The maximum Gasteiger partial charge on any atom is 0.161 e. The summed E-state index contributed by atoms with van der Waals surface area (Å²) in [6.45, 7) is 6.09. The zero-order valence-corrected chi connectivity index (χ0v) is 8.40. The first-order valence-corrected chi connectivity index (χ1v) is 4.47. The summed E-state index contributed by atoms with van der Waals surface area (Å²) in [6.07, 6.45) is 0.806. The topological polar surface area (TPSA) is 58.9 Å². The van der Waals surface area contributed by atoms with Crippen molar-refractivity contribution < 1.29 is 4.79 Å². The van der Waals surface area contributed by atoms with Gasteiger partial charge in [-0.3, -0.25) is 4.79 Å². The summed E-state index contributed by atoms with van der Waals surface area (Å²) in [6, 6.07) is 0. The Balaban J connectivity index is 3.14. The van der Waals surface area contributed by atoms with Crippen molar-refractivity contribution in [3.63, 3.8) is 0 Å². The van der Waals surface area contributed by atoms with E-state index in [9.17, 15) is 4.79 Å². The number of hydrogen-bond donors (Lipinski definition) is 2. The van der Waals surface area contributed by atoms with Crippen LogP contribution in [-0.2, 0) is 6.42 Å². The Morgan fingerprint density at radius 2 is 2.08 bits per heavy atom. The lowest BCUT2D eigenvalue weighted by Crippen LogP contribution is -2.04. The number of aromatic nitrogens is 1. The van der Waals surface area contributed by atoms with Gasteiger partial charge in [0.05, 0.1) is 0 Å². The number of hydrogen-bond acceptors (Lipinski definition) is 2. The van der Waals surface area contributed by atoms with E-state index in [1.807, 2.05) is 13.8 Å². The van der Waals surface area contributed by atoms with Crippen LogP contribution in [0.4, 0.5) is 0 Å². The first kappa shape index (κ1) is 9.99. The lowest BCUT2D eigenvalue weighted by Gasteiger charge is -1.97. The highest BCUT2D eigenvalue weighted by atomic mass is 16.1. The summed E-state index contributed by atoms with van der Waals surface area (Å²) in [5.41, 5.74) is 9.37. The summed E-state index contributed by atoms with van der Waals surface area (Å²) in [5.74, 6) is 0.120. The molecule has 0 fully saturated rings. The number of Topliss-reactive ketones (excluding diaryl/α,β-unsaturated/α-hetero) is 1. The van der Waals surface area contributed by atoms with E-state index < -0.39 is 0 Å². The second-order valence-electron chi connectivity index (χ2n) is 3.32. The number of H-pyrrole nitrogens is 1. The van der Waals surface area contributed by atoms with Gasteiger partial charge in [0.1, 0.15) is 0 Å². The van der Waals surface area contributed by atoms with E-state index in [-0.39, 0.29) is 5.78 Å². The van der Waals surface area contributed by atoms with E-state index in [1.54, 1.807) is 6.92 Å². The lowest BCUT2D eigenvalue weighted by molar-refractivity contribution is 0.101. The highest BCUT2D eigenvalue weighted by Gasteiger charge is 2.13. The third-order valence-electron chi connectivity index (χ3n) is 2.29. The number of ketones is 1. The molecule has 0 spiro atoms. The first-order valence-electron chi connectivity index (χ1n) is 4.47. The molecular weight excluding hydrogens is 164 g/mol. The highest BCUT2D eigenvalue weighted by molar-refractivity contribution is 5.97. The molecule has 3 heteroatoms. The molecule has 1 heterocycles. The van der Waals surface area contributed by atoms with Crippen LogP contribution < -0.4 is 5.73 Å². The number of carbonyl (C=O) groups excluding carboxylic acids is 1. The minimum Gasteiger partial charge on any atom is -0.362 e. The molecule has 1 aromatic heterocycles. The summed E-state index contributed by atoms with van der Waals surface area (Å²) in [5, 5.41) is 0. The van der Waals surface area contributed by atoms with Crippen molar-refractivity contribution in [3.05, 3.63) is 22.5 Å². The van der Waals surface area contributed by atoms with Gasteiger partial charge >= 0.3 is 0 Å². The van der Waals surface area contributed by atoms with Crippen LogP contribution in [0.1, 0.15) is 34.2 Å². The Bertz CT molecular complexity index is 326. The van der Waals surface area contributed by atoms with Gasteiger partial charge in [0, 0.05) is 17.0 Å². The zero-order valence-electron chi connectivity index (χ0n) is 8.40. The number of carbonyl (C=O) groups is 1. The van der Waals surface area contributed by atoms with Gasteiger partial charge in [-0.25, -0.2) is 0 Å². The molecule has 0 unspecified atom stereocenters. The molecule has 0 bridgehead atoms. The fourth-order valence-electron chi connectivity index (χ4n) is 1.74. The number of aromatic amines is 1. The number of aryl methyl sites for hydroxylation is 1. The largest absolute Gasteiger partial charge is 0.362 e. The van der Waals surface area contributed by atoms with Crippen LogP contribution in [0, 0.1) is 13.8 Å². The van der Waals surface area contributed by atoms with E-state index in [0.717, 1.165) is 28.9 Å². The minimum absolute atomic E-state index is 0.120. The summed E-state index contributed by atoms with van der Waals surface area (Å²) in [4.78, 5) is 14.4. The Morgan fingerprint density at radius 1 is 1.46 bits per heavy atom. The van der Waals surface area contributed by atoms with Crippen LogP contribution in [0.25, 0.3) is 0 Å². The van der Waals surface area contributed by atoms with Gasteiger partial charge in [-0.15, -0.1) is 0 Å². The fourth-order valence-corrected chi connectivity index (χ4v) is 1.74. The van der Waals surface area contributed by atoms with Crippen LogP contribution in [0.5, 0.6) is 0 Å². The van der Waals surface area contributed by atoms with Crippen molar-refractivity contribution in [3.8, 4) is 0 Å². The normalized spacial score (nSPS) is 10.5. The lowest BCUT2D eigenvalue weighted by atomic mass is 10.1. The van der Waals surface area contributed by atoms with E-state index in [1.165, 1.54) is 0 Å². The predicted molar refractivity (Wildman–Crippen MR) is 53.0 cm³/mol. The molecule has 0 atom stereocenters. The molecule has 0 aliphatic rings. The standard InChI is InChI=1S/C10H16N2O/c1-6-9(4-5-11)12-7(2)10(6)8(3)13/h12H,4-5,11H2,1-3H3. The summed E-state index contributed by atoms with van der Waals surface area (Å²) in [7, 11) is 0. The fraction of sp³-hybridized carbons (Fsp3) is 0.500. The molecule has 0 amide bonds. The van der Waals surface area contributed by atoms with Crippen molar-refractivity contribution in [2.75, 3.05) is 6.54 Å². The maximum atomic E-state index is 11.3. The second kappa shape index (κ2) is 3.75. The Labute approximate surface area is 78.3 Å². The van der Waals surface area contributed by atoms with Gasteiger partial charge in [0.2, 0.25) is 0 Å². The Hall–Kier alpha value is -1.09. The van der Waals surface area contributed by atoms with Gasteiger partial charge in [0.25, 0.3) is 0 Å². The van der Waals surface area contributed by atoms with Crippen LogP contribution in [-0.4, -0.2) is 17.3 Å². The third kappa shape index (κ3) is 1.80. The molecule has 13 heavy (non-hydrogen) atoms. The molecule has 1 rings (SSSR count). The van der Waals surface area contributed by atoms with Crippen molar-refractivity contribution in [1.29, 1.82) is 0 Å². The van der Waals surface area contributed by atoms with Gasteiger partial charge in [-0.1, -0.05) is 0 Å². The summed E-state index contributed by atoms with van der Waals surface area (Å²) < 4.78 is 0. The van der Waals surface area contributed by atoms with E-state index in [2.05, 4.69) is 4.98 Å². The molecular formula is C10H16N2O. The highest BCUT2D eigenvalue weighted by Crippen LogP contribution is 2.18. The number of nitrogens with one attached hydrogen (secondary N) is 1. The Morgan fingerprint density at radius 3 is 2.46 bits per heavy atom. The van der Waals surface area contributed by atoms with Crippen LogP contribution in [0.3, 0.4) is 0 Å². The first-order chi connectivity index (χ1) is 6.07. The van der Waals surface area contributed by atoms with Gasteiger partial charge in [0.15, 0.2) is 5.78 Å². The van der Waals surface area contributed by atoms with Crippen molar-refractivity contribution in [2.45, 2.75) is 27.2 Å². The van der Waals surface area contributed by atoms with E-state index >= 15 is 0 Å². The monoisotopic (exact) mass is 180 g/mol. The molecule has 3 nitrogen and oxygen atoms in total. The quantitative estimate of drug-likeness (QED) is 0.689. The molecule has 3 N–H and O–H groups in total. The zero-order chi connectivity index (χ0) is 10.0. The molecule has 0 aromatic carbocycles. The van der Waals surface area contributed by atoms with Crippen molar-refractivity contribution in [2.24, 2.45) is 5.73 Å². The Kier molecular flexibility index (Phi) is 2.88. The molecule has 0 radical (unpaired) electrons. The smallest absolute Gasteiger partial charge is 0.161 e. The average Bonchev–Trinajstić information content (AvgIpc) is 2.28. The average molecular weight is 180 g/mol. The molecule has 72 valence electrons.